The van der Waals surface area contributed by atoms with Crippen molar-refractivity contribution in [2.24, 2.45) is 5.73 Å². The molecule has 13 nitrogen and oxygen atoms in total. The standard InChI is InChI=1S/C30H31FN6O7S/c31-23-17-43-13-9-25(23)36-11-7-19(8-12-36)35-24-5-4-21(15-26(24)37(39)40)45(41,42)27-3-1-2-22(29(32)38)28(27)44-20-14-18-6-10-33-30(18)34-16-20/h1-6,10,14-16,19,23,25,35H,7-9,11-13,17H2,(H2,32,38)(H,33,34). The van der Waals surface area contributed by atoms with Gasteiger partial charge < -0.3 is 25.5 Å². The van der Waals surface area contributed by atoms with Crippen molar-refractivity contribution in [3.05, 3.63) is 76.6 Å². The Balaban J connectivity index is 1.26. The SMILES string of the molecule is NC(=O)c1cccc(S(=O)(=O)c2ccc(NC3CCN(C4CCOCC4F)CC3)c([N+](=O)[O-])c2)c1Oc1cnc2[nH]ccc2c1. The first-order valence-electron chi connectivity index (χ1n) is 14.4. The maximum absolute atomic E-state index is 14.4. The fraction of sp³-hybridized carbons (Fsp3) is 0.333. The molecular formula is C30H31FN6O7S. The number of anilines is 1. The number of primary amides is 1. The summed E-state index contributed by atoms with van der Waals surface area (Å²) < 4.78 is 53.4. The highest BCUT2D eigenvalue weighted by Crippen LogP contribution is 2.38. The van der Waals surface area contributed by atoms with E-state index in [1.807, 2.05) is 0 Å². The van der Waals surface area contributed by atoms with Crippen molar-refractivity contribution in [1.29, 1.82) is 0 Å². The van der Waals surface area contributed by atoms with Gasteiger partial charge in [-0.05, 0) is 55.7 Å². The average molecular weight is 639 g/mol. The normalized spacial score (nSPS) is 19.8. The smallest absolute Gasteiger partial charge is 0.293 e. The van der Waals surface area contributed by atoms with Crippen molar-refractivity contribution in [2.45, 2.75) is 47.3 Å². The number of pyridine rings is 1. The van der Waals surface area contributed by atoms with Crippen LogP contribution in [0.15, 0.2) is 70.7 Å². The summed E-state index contributed by atoms with van der Waals surface area (Å²) >= 11 is 0. The molecule has 2 fully saturated rings. The Morgan fingerprint density at radius 1 is 1.18 bits per heavy atom. The Bertz CT molecular complexity index is 1860. The molecule has 0 aliphatic carbocycles. The summed E-state index contributed by atoms with van der Waals surface area (Å²) in [5, 5.41) is 16.0. The number of alkyl halides is 1. The van der Waals surface area contributed by atoms with Crippen LogP contribution in [0.25, 0.3) is 11.0 Å². The molecule has 45 heavy (non-hydrogen) atoms. The van der Waals surface area contributed by atoms with E-state index in [9.17, 15) is 27.7 Å². The molecule has 2 aliphatic heterocycles. The van der Waals surface area contributed by atoms with E-state index in [0.717, 1.165) is 6.07 Å². The molecule has 4 N–H and O–H groups in total. The Labute approximate surface area is 257 Å². The number of fused-ring (bicyclic) bond motifs is 1. The fourth-order valence-electron chi connectivity index (χ4n) is 5.90. The first-order valence-corrected chi connectivity index (χ1v) is 15.9. The summed E-state index contributed by atoms with van der Waals surface area (Å²) in [4.78, 5) is 32.3. The number of hydrogen-bond donors (Lipinski definition) is 3. The van der Waals surface area contributed by atoms with Gasteiger partial charge in [0.15, 0.2) is 5.75 Å². The molecule has 4 aromatic rings. The maximum atomic E-state index is 14.4. The number of ether oxygens (including phenoxy) is 2. The summed E-state index contributed by atoms with van der Waals surface area (Å²) in [6, 6.07) is 10.6. The third-order valence-corrected chi connectivity index (χ3v) is 9.99. The van der Waals surface area contributed by atoms with Crippen LogP contribution < -0.4 is 15.8 Å². The predicted octanol–water partition coefficient (Wildman–Crippen LogP) is 4.20. The number of hydrogen-bond acceptors (Lipinski definition) is 10. The Hall–Kier alpha value is -4.60. The quantitative estimate of drug-likeness (QED) is 0.177. The molecule has 4 heterocycles. The first kappa shape index (κ1) is 30.4. The van der Waals surface area contributed by atoms with Crippen molar-refractivity contribution in [3.8, 4) is 11.5 Å². The van der Waals surface area contributed by atoms with Gasteiger partial charge in [-0.15, -0.1) is 0 Å². The molecule has 236 valence electrons. The third-order valence-electron chi connectivity index (χ3n) is 8.22. The van der Waals surface area contributed by atoms with Gasteiger partial charge in [0, 0.05) is 49.4 Å². The van der Waals surface area contributed by atoms with Gasteiger partial charge >= 0.3 is 0 Å². The van der Waals surface area contributed by atoms with Gasteiger partial charge in [0.05, 0.1) is 28.2 Å². The number of likely N-dealkylation sites (tertiary alicyclic amines) is 1. The lowest BCUT2D eigenvalue weighted by Gasteiger charge is -2.40. The van der Waals surface area contributed by atoms with Gasteiger partial charge in [-0.1, -0.05) is 6.07 Å². The summed E-state index contributed by atoms with van der Waals surface area (Å²) in [5.41, 5.74) is 5.69. The average Bonchev–Trinajstić information content (AvgIpc) is 3.50. The highest BCUT2D eigenvalue weighted by Gasteiger charge is 2.34. The third kappa shape index (κ3) is 6.18. The molecule has 2 aromatic carbocycles. The topological polar surface area (TPSA) is 183 Å². The number of sulfone groups is 1. The van der Waals surface area contributed by atoms with Crippen LogP contribution in [0.3, 0.4) is 0 Å². The zero-order valence-corrected chi connectivity index (χ0v) is 24.8. The number of halogens is 1. The molecule has 2 aromatic heterocycles. The van der Waals surface area contributed by atoms with E-state index in [1.165, 1.54) is 36.5 Å². The molecule has 2 saturated heterocycles. The molecule has 6 rings (SSSR count). The summed E-state index contributed by atoms with van der Waals surface area (Å²) in [7, 11) is -4.45. The molecule has 0 radical (unpaired) electrons. The minimum atomic E-state index is -4.45. The molecule has 0 bridgehead atoms. The molecule has 2 aliphatic rings. The lowest BCUT2D eigenvalue weighted by Crippen LogP contribution is -2.51. The summed E-state index contributed by atoms with van der Waals surface area (Å²) in [5.74, 6) is -1.09. The number of aromatic amines is 1. The number of rotatable bonds is 9. The molecule has 0 spiro atoms. The number of nitrogens with one attached hydrogen (secondary N) is 2. The zero-order chi connectivity index (χ0) is 31.7. The largest absolute Gasteiger partial charge is 0.453 e. The van der Waals surface area contributed by atoms with Gasteiger partial charge in [-0.3, -0.25) is 19.8 Å². The highest BCUT2D eigenvalue weighted by molar-refractivity contribution is 7.91. The zero-order valence-electron chi connectivity index (χ0n) is 24.0. The fourth-order valence-corrected chi connectivity index (χ4v) is 7.32. The van der Waals surface area contributed by atoms with Crippen LogP contribution in [0.2, 0.25) is 0 Å². The van der Waals surface area contributed by atoms with E-state index in [0.29, 0.717) is 50.0 Å². The van der Waals surface area contributed by atoms with E-state index in [4.69, 9.17) is 15.2 Å². The number of amides is 1. The van der Waals surface area contributed by atoms with Crippen LogP contribution >= 0.6 is 0 Å². The van der Waals surface area contributed by atoms with E-state index >= 15 is 0 Å². The number of carbonyl (C=O) groups excluding carboxylic acids is 1. The second-order valence-electron chi connectivity index (χ2n) is 11.0. The number of benzene rings is 2. The Morgan fingerprint density at radius 3 is 2.71 bits per heavy atom. The molecule has 2 unspecified atom stereocenters. The Morgan fingerprint density at radius 2 is 1.98 bits per heavy atom. The highest BCUT2D eigenvalue weighted by atomic mass is 32.2. The number of para-hydroxylation sites is 1. The minimum Gasteiger partial charge on any atom is -0.453 e. The van der Waals surface area contributed by atoms with E-state index in [2.05, 4.69) is 20.2 Å². The molecular weight excluding hydrogens is 607 g/mol. The predicted molar refractivity (Wildman–Crippen MR) is 162 cm³/mol. The van der Waals surface area contributed by atoms with Crippen LogP contribution in [0.1, 0.15) is 29.6 Å². The van der Waals surface area contributed by atoms with Gasteiger partial charge in [-0.25, -0.2) is 17.8 Å². The summed E-state index contributed by atoms with van der Waals surface area (Å²) in [6.07, 6.45) is 3.87. The van der Waals surface area contributed by atoms with Crippen LogP contribution in [0, 0.1) is 10.1 Å². The number of aromatic nitrogens is 2. The van der Waals surface area contributed by atoms with Gasteiger partial charge in [0.2, 0.25) is 9.84 Å². The number of H-pyrrole nitrogens is 1. The number of nitrogens with two attached hydrogens (primary N) is 1. The second-order valence-corrected chi connectivity index (χ2v) is 12.9. The lowest BCUT2D eigenvalue weighted by atomic mass is 9.98. The first-order chi connectivity index (χ1) is 21.6. The van der Waals surface area contributed by atoms with Crippen molar-refractivity contribution in [3.63, 3.8) is 0 Å². The number of nitro groups is 1. The van der Waals surface area contributed by atoms with Crippen molar-refractivity contribution < 1.29 is 32.0 Å². The number of carbonyl (C=O) groups is 1. The second kappa shape index (κ2) is 12.4. The monoisotopic (exact) mass is 638 g/mol. The van der Waals surface area contributed by atoms with Gasteiger partial charge in [0.1, 0.15) is 28.2 Å². The maximum Gasteiger partial charge on any atom is 0.293 e. The number of nitro benzene ring substituents is 1. The van der Waals surface area contributed by atoms with E-state index in [-0.39, 0.29) is 46.3 Å². The molecule has 1 amide bonds. The number of piperidine rings is 1. The Kier molecular flexibility index (Phi) is 8.40. The molecule has 15 heteroatoms. The van der Waals surface area contributed by atoms with E-state index < -0.39 is 37.4 Å². The van der Waals surface area contributed by atoms with Gasteiger partial charge in [0.25, 0.3) is 11.6 Å². The van der Waals surface area contributed by atoms with Crippen molar-refractivity contribution in [1.82, 2.24) is 14.9 Å². The van der Waals surface area contributed by atoms with E-state index in [1.54, 1.807) is 18.3 Å². The van der Waals surface area contributed by atoms with Crippen LogP contribution in [0.5, 0.6) is 11.5 Å². The molecule has 2 atom stereocenters. The van der Waals surface area contributed by atoms with Crippen LogP contribution in [-0.2, 0) is 14.6 Å². The van der Waals surface area contributed by atoms with Gasteiger partial charge in [-0.2, -0.15) is 0 Å². The molecule has 0 saturated carbocycles. The van der Waals surface area contributed by atoms with Crippen LogP contribution in [-0.4, -0.2) is 78.7 Å². The number of nitrogens with zero attached hydrogens (tertiary/aromatic N) is 3. The minimum absolute atomic E-state index is 0.0886. The van der Waals surface area contributed by atoms with Crippen molar-refractivity contribution >= 4 is 38.2 Å². The van der Waals surface area contributed by atoms with Crippen molar-refractivity contribution in [2.75, 3.05) is 31.6 Å². The lowest BCUT2D eigenvalue weighted by molar-refractivity contribution is -0.384. The van der Waals surface area contributed by atoms with Crippen LogP contribution in [0.4, 0.5) is 15.8 Å². The summed E-state index contributed by atoms with van der Waals surface area (Å²) in [6.45, 7) is 1.85.